The molecule has 160 valence electrons. The zero-order chi connectivity index (χ0) is 22.5. The maximum atomic E-state index is 14.5. The average molecular weight is 410 g/mol. The van der Waals surface area contributed by atoms with Crippen LogP contribution in [0.5, 0.6) is 0 Å². The van der Waals surface area contributed by atoms with Crippen LogP contribution >= 0.6 is 0 Å². The van der Waals surface area contributed by atoms with Crippen molar-refractivity contribution in [1.82, 2.24) is 0 Å². The number of benzene rings is 2. The fraction of sp³-hybridized carbons (Fsp3) is 0.480. The molecule has 2 aromatic rings. The van der Waals surface area contributed by atoms with Crippen molar-refractivity contribution in [2.75, 3.05) is 0 Å². The molecule has 30 heavy (non-hydrogen) atoms. The van der Waals surface area contributed by atoms with Crippen LogP contribution in [0.4, 0.5) is 4.39 Å². The molecule has 0 atom stereocenters. The van der Waals surface area contributed by atoms with Crippen molar-refractivity contribution in [3.05, 3.63) is 64.5 Å². The summed E-state index contributed by atoms with van der Waals surface area (Å²) in [7, 11) is -0.661. The molecule has 2 aromatic carbocycles. The van der Waals surface area contributed by atoms with Crippen molar-refractivity contribution in [3.8, 4) is 0 Å². The number of ketones is 1. The number of hydrogen-bond acceptors (Lipinski definition) is 3. The summed E-state index contributed by atoms with van der Waals surface area (Å²) in [6, 6.07) is 10.6. The van der Waals surface area contributed by atoms with Crippen LogP contribution in [0.1, 0.15) is 75.5 Å². The van der Waals surface area contributed by atoms with Gasteiger partial charge in [-0.05, 0) is 74.3 Å². The standard InChI is InChI=1S/C25H32BFO3/c1-16-18(14-22(28)17-9-11-19(12-10-17)23(2,3)4)13-20(27)15-21(16)26-29-24(5,6)25(7,8)30-26/h9-13,15H,14H2,1-8H3. The second kappa shape index (κ2) is 7.62. The summed E-state index contributed by atoms with van der Waals surface area (Å²) in [6.45, 7) is 16.2. The van der Waals surface area contributed by atoms with Crippen LogP contribution in [-0.4, -0.2) is 24.1 Å². The molecule has 1 aliphatic rings. The van der Waals surface area contributed by atoms with Crippen LogP contribution in [0.25, 0.3) is 0 Å². The van der Waals surface area contributed by atoms with Gasteiger partial charge >= 0.3 is 7.12 Å². The number of hydrogen-bond donors (Lipinski definition) is 0. The number of rotatable bonds is 4. The molecule has 0 aliphatic carbocycles. The first-order valence-electron chi connectivity index (χ1n) is 10.5. The quantitative estimate of drug-likeness (QED) is 0.516. The van der Waals surface area contributed by atoms with E-state index < -0.39 is 24.1 Å². The van der Waals surface area contributed by atoms with E-state index in [9.17, 15) is 9.18 Å². The summed E-state index contributed by atoms with van der Waals surface area (Å²) in [4.78, 5) is 12.9. The summed E-state index contributed by atoms with van der Waals surface area (Å²) in [5, 5.41) is 0. The van der Waals surface area contributed by atoms with Crippen molar-refractivity contribution >= 4 is 18.4 Å². The Bertz CT molecular complexity index is 940. The first kappa shape index (κ1) is 22.7. The molecule has 1 fully saturated rings. The Morgan fingerprint density at radius 1 is 1.00 bits per heavy atom. The third-order valence-corrected chi connectivity index (χ3v) is 6.45. The summed E-state index contributed by atoms with van der Waals surface area (Å²) in [6.07, 6.45) is 0.130. The van der Waals surface area contributed by atoms with E-state index in [-0.39, 0.29) is 17.6 Å². The lowest BCUT2D eigenvalue weighted by Crippen LogP contribution is -2.41. The highest BCUT2D eigenvalue weighted by Gasteiger charge is 2.52. The molecule has 0 spiro atoms. The molecule has 0 aromatic heterocycles. The second-order valence-electron chi connectivity index (χ2n) is 10.3. The highest BCUT2D eigenvalue weighted by atomic mass is 19.1. The van der Waals surface area contributed by atoms with Gasteiger partial charge in [-0.2, -0.15) is 0 Å². The van der Waals surface area contributed by atoms with Gasteiger partial charge in [0.05, 0.1) is 11.2 Å². The predicted molar refractivity (Wildman–Crippen MR) is 120 cm³/mol. The minimum absolute atomic E-state index is 0.0263. The van der Waals surface area contributed by atoms with E-state index >= 15 is 0 Å². The van der Waals surface area contributed by atoms with E-state index in [2.05, 4.69) is 20.8 Å². The van der Waals surface area contributed by atoms with Crippen LogP contribution in [0.3, 0.4) is 0 Å². The van der Waals surface area contributed by atoms with E-state index in [1.807, 2.05) is 58.9 Å². The van der Waals surface area contributed by atoms with Gasteiger partial charge in [0.1, 0.15) is 5.82 Å². The van der Waals surface area contributed by atoms with Crippen molar-refractivity contribution in [3.63, 3.8) is 0 Å². The molecule has 1 saturated heterocycles. The molecular weight excluding hydrogens is 378 g/mol. The SMILES string of the molecule is Cc1c(CC(=O)c2ccc(C(C)(C)C)cc2)cc(F)cc1B1OC(C)(C)C(C)(C)O1. The van der Waals surface area contributed by atoms with Gasteiger partial charge < -0.3 is 9.31 Å². The Hall–Kier alpha value is -1.98. The first-order chi connectivity index (χ1) is 13.7. The Morgan fingerprint density at radius 2 is 1.53 bits per heavy atom. The molecule has 0 amide bonds. The van der Waals surface area contributed by atoms with E-state index in [0.717, 1.165) is 5.56 Å². The highest BCUT2D eigenvalue weighted by molar-refractivity contribution is 6.62. The molecule has 0 radical (unpaired) electrons. The highest BCUT2D eigenvalue weighted by Crippen LogP contribution is 2.37. The third-order valence-electron chi connectivity index (χ3n) is 6.45. The smallest absolute Gasteiger partial charge is 0.399 e. The number of carbonyl (C=O) groups excluding carboxylic acids is 1. The van der Waals surface area contributed by atoms with Gasteiger partial charge in [-0.1, -0.05) is 45.0 Å². The van der Waals surface area contributed by atoms with Gasteiger partial charge in [0.25, 0.3) is 0 Å². The Labute approximate surface area is 180 Å². The van der Waals surface area contributed by atoms with Crippen molar-refractivity contribution in [1.29, 1.82) is 0 Å². The molecule has 0 bridgehead atoms. The summed E-state index contributed by atoms with van der Waals surface area (Å²) >= 11 is 0. The van der Waals surface area contributed by atoms with Gasteiger partial charge in [0.15, 0.2) is 5.78 Å². The zero-order valence-electron chi connectivity index (χ0n) is 19.4. The van der Waals surface area contributed by atoms with Gasteiger partial charge in [0.2, 0.25) is 0 Å². The van der Waals surface area contributed by atoms with Crippen LogP contribution in [-0.2, 0) is 21.1 Å². The maximum Gasteiger partial charge on any atom is 0.495 e. The van der Waals surface area contributed by atoms with E-state index in [1.165, 1.54) is 17.7 Å². The topological polar surface area (TPSA) is 35.5 Å². The number of carbonyl (C=O) groups is 1. The lowest BCUT2D eigenvalue weighted by molar-refractivity contribution is 0.00578. The molecule has 1 aliphatic heterocycles. The van der Waals surface area contributed by atoms with Crippen LogP contribution in [0.2, 0.25) is 0 Å². The molecular formula is C25H32BFO3. The molecule has 1 heterocycles. The normalized spacial score (nSPS) is 18.0. The first-order valence-corrected chi connectivity index (χ1v) is 10.5. The Kier molecular flexibility index (Phi) is 5.76. The van der Waals surface area contributed by atoms with Crippen LogP contribution in [0, 0.1) is 12.7 Å². The summed E-state index contributed by atoms with van der Waals surface area (Å²) < 4.78 is 26.7. The zero-order valence-corrected chi connectivity index (χ0v) is 19.4. The lowest BCUT2D eigenvalue weighted by Gasteiger charge is -2.32. The predicted octanol–water partition coefficient (Wildman–Crippen LogP) is 5.16. The second-order valence-corrected chi connectivity index (χ2v) is 10.3. The average Bonchev–Trinajstić information content (AvgIpc) is 2.84. The maximum absolute atomic E-state index is 14.5. The fourth-order valence-corrected chi connectivity index (χ4v) is 3.59. The molecule has 0 N–H and O–H groups in total. The van der Waals surface area contributed by atoms with Crippen molar-refractivity contribution in [2.24, 2.45) is 0 Å². The van der Waals surface area contributed by atoms with Crippen molar-refractivity contribution < 1.29 is 18.5 Å². The summed E-state index contributed by atoms with van der Waals surface area (Å²) in [5.74, 6) is -0.430. The largest absolute Gasteiger partial charge is 0.495 e. The molecule has 0 unspecified atom stereocenters. The minimum atomic E-state index is -0.661. The van der Waals surface area contributed by atoms with Crippen molar-refractivity contribution in [2.45, 2.75) is 78.4 Å². The summed E-state index contributed by atoms with van der Waals surface area (Å²) in [5.41, 5.74) is 2.92. The van der Waals surface area contributed by atoms with E-state index in [1.54, 1.807) is 0 Å². The van der Waals surface area contributed by atoms with E-state index in [0.29, 0.717) is 16.6 Å². The van der Waals surface area contributed by atoms with Gasteiger partial charge in [-0.3, -0.25) is 4.79 Å². The molecule has 3 rings (SSSR count). The lowest BCUT2D eigenvalue weighted by atomic mass is 9.74. The monoisotopic (exact) mass is 410 g/mol. The van der Waals surface area contributed by atoms with Crippen LogP contribution in [0.15, 0.2) is 36.4 Å². The molecule has 0 saturated carbocycles. The fourth-order valence-electron chi connectivity index (χ4n) is 3.59. The Morgan fingerprint density at radius 3 is 2.03 bits per heavy atom. The van der Waals surface area contributed by atoms with Gasteiger partial charge in [-0.15, -0.1) is 0 Å². The number of Topliss-reactive ketones (excluding diaryl/α,β-unsaturated/α-hetero) is 1. The van der Waals surface area contributed by atoms with Crippen LogP contribution < -0.4 is 5.46 Å². The Balaban J connectivity index is 1.86. The van der Waals surface area contributed by atoms with Gasteiger partial charge in [-0.25, -0.2) is 4.39 Å². The molecule has 5 heteroatoms. The third kappa shape index (κ3) is 4.38. The van der Waals surface area contributed by atoms with E-state index in [4.69, 9.17) is 9.31 Å². The number of halogens is 1. The van der Waals surface area contributed by atoms with Gasteiger partial charge in [0, 0.05) is 12.0 Å². The molecule has 3 nitrogen and oxygen atoms in total. The minimum Gasteiger partial charge on any atom is -0.399 e.